The van der Waals surface area contributed by atoms with Gasteiger partial charge in [0.1, 0.15) is 5.75 Å². The number of rotatable bonds is 3. The van der Waals surface area contributed by atoms with Gasteiger partial charge in [-0.1, -0.05) is 32.4 Å². The number of halogens is 1. The minimum Gasteiger partial charge on any atom is -0.543 e. The highest BCUT2D eigenvalue weighted by atomic mass is 35.5. The van der Waals surface area contributed by atoms with Crippen LogP contribution in [0.25, 0.3) is 0 Å². The quantitative estimate of drug-likeness (QED) is 0.859. The van der Waals surface area contributed by atoms with Crippen LogP contribution in [0.2, 0.25) is 23.2 Å². The minimum absolute atomic E-state index is 0.166. The van der Waals surface area contributed by atoms with E-state index in [1.165, 1.54) is 0 Å². The Morgan fingerprint density at radius 2 is 1.90 bits per heavy atom. The Balaban J connectivity index is 2.14. The van der Waals surface area contributed by atoms with Gasteiger partial charge in [0.2, 0.25) is 8.32 Å². The molecule has 1 aromatic rings. The molecule has 5 heteroatoms. The SMILES string of the molecule is CC(C)(C)[Si](C)(C)Oc1ccc(N2CC(O)C2)c(Cl)c1. The Kier molecular flexibility index (Phi) is 4.11. The molecule has 3 nitrogen and oxygen atoms in total. The summed E-state index contributed by atoms with van der Waals surface area (Å²) in [5.74, 6) is 0.839. The summed E-state index contributed by atoms with van der Waals surface area (Å²) >= 11 is 6.34. The Hall–Kier alpha value is -0.713. The van der Waals surface area contributed by atoms with Crippen molar-refractivity contribution in [3.63, 3.8) is 0 Å². The predicted octanol–water partition coefficient (Wildman–Crippen LogP) is 3.90. The number of nitrogens with zero attached hydrogens (tertiary/aromatic N) is 1. The summed E-state index contributed by atoms with van der Waals surface area (Å²) in [6.07, 6.45) is -0.228. The molecule has 1 heterocycles. The summed E-state index contributed by atoms with van der Waals surface area (Å²) in [6.45, 7) is 12.4. The number of β-amino-alcohol motifs (C(OH)–C–C–N with tert-alkyl or cyclic N) is 1. The highest BCUT2D eigenvalue weighted by molar-refractivity contribution is 6.74. The second-order valence-corrected chi connectivity index (χ2v) is 12.2. The van der Waals surface area contributed by atoms with E-state index < -0.39 is 8.32 Å². The van der Waals surface area contributed by atoms with Crippen LogP contribution < -0.4 is 9.33 Å². The minimum atomic E-state index is -1.83. The molecule has 20 heavy (non-hydrogen) atoms. The van der Waals surface area contributed by atoms with Gasteiger partial charge in [-0.05, 0) is 36.3 Å². The molecule has 1 N–H and O–H groups in total. The smallest absolute Gasteiger partial charge is 0.250 e. The van der Waals surface area contributed by atoms with Gasteiger partial charge in [-0.3, -0.25) is 0 Å². The van der Waals surface area contributed by atoms with Crippen molar-refractivity contribution in [3.8, 4) is 5.75 Å². The van der Waals surface area contributed by atoms with Crippen LogP contribution in [0.15, 0.2) is 18.2 Å². The third kappa shape index (κ3) is 3.13. The van der Waals surface area contributed by atoms with Gasteiger partial charge in [-0.2, -0.15) is 0 Å². The standard InChI is InChI=1S/C15H24ClNO2Si/c1-15(2,3)20(4,5)19-12-6-7-14(13(16)8-12)17-9-11(18)10-17/h6-8,11,18H,9-10H2,1-5H3. The maximum Gasteiger partial charge on any atom is 0.250 e. The van der Waals surface area contributed by atoms with Gasteiger partial charge < -0.3 is 14.4 Å². The van der Waals surface area contributed by atoms with Gasteiger partial charge >= 0.3 is 0 Å². The molecule has 1 aliphatic heterocycles. The molecule has 1 saturated heterocycles. The number of hydrogen-bond acceptors (Lipinski definition) is 3. The van der Waals surface area contributed by atoms with E-state index in [9.17, 15) is 5.11 Å². The highest BCUT2D eigenvalue weighted by Gasteiger charge is 2.39. The van der Waals surface area contributed by atoms with Crippen molar-refractivity contribution in [2.75, 3.05) is 18.0 Å². The van der Waals surface area contributed by atoms with Gasteiger partial charge in [0.25, 0.3) is 0 Å². The van der Waals surface area contributed by atoms with E-state index in [0.717, 1.165) is 11.4 Å². The van der Waals surface area contributed by atoms with Crippen LogP contribution in [-0.4, -0.2) is 32.6 Å². The van der Waals surface area contributed by atoms with Crippen LogP contribution in [-0.2, 0) is 0 Å². The Morgan fingerprint density at radius 3 is 2.35 bits per heavy atom. The van der Waals surface area contributed by atoms with Gasteiger partial charge in [0, 0.05) is 13.1 Å². The van der Waals surface area contributed by atoms with Crippen LogP contribution in [0.1, 0.15) is 20.8 Å². The fraction of sp³-hybridized carbons (Fsp3) is 0.600. The summed E-state index contributed by atoms with van der Waals surface area (Å²) < 4.78 is 6.24. The fourth-order valence-electron chi connectivity index (χ4n) is 1.91. The van der Waals surface area contributed by atoms with Gasteiger partial charge in [-0.25, -0.2) is 0 Å². The molecule has 0 radical (unpaired) electrons. The Morgan fingerprint density at radius 1 is 1.30 bits per heavy atom. The van der Waals surface area contributed by atoms with Crippen LogP contribution >= 0.6 is 11.6 Å². The van der Waals surface area contributed by atoms with Crippen molar-refractivity contribution in [2.24, 2.45) is 0 Å². The van der Waals surface area contributed by atoms with Crippen LogP contribution in [0.4, 0.5) is 5.69 Å². The lowest BCUT2D eigenvalue weighted by Gasteiger charge is -2.39. The summed E-state index contributed by atoms with van der Waals surface area (Å²) in [5, 5.41) is 10.2. The predicted molar refractivity (Wildman–Crippen MR) is 87.5 cm³/mol. The van der Waals surface area contributed by atoms with Gasteiger partial charge in [0.05, 0.1) is 16.8 Å². The van der Waals surface area contributed by atoms with Crippen molar-refractivity contribution in [1.29, 1.82) is 0 Å². The summed E-state index contributed by atoms with van der Waals surface area (Å²) in [5.41, 5.74) is 0.972. The normalized spacial score (nSPS) is 17.1. The molecule has 1 aromatic carbocycles. The molecule has 1 aliphatic rings. The van der Waals surface area contributed by atoms with E-state index >= 15 is 0 Å². The first kappa shape index (κ1) is 15.7. The van der Waals surface area contributed by atoms with E-state index in [4.69, 9.17) is 16.0 Å². The lowest BCUT2D eigenvalue weighted by Crippen LogP contribution is -2.50. The molecular weight excluding hydrogens is 290 g/mol. The number of benzene rings is 1. The molecule has 0 spiro atoms. The van der Waals surface area contributed by atoms with Crippen LogP contribution in [0.3, 0.4) is 0 Å². The van der Waals surface area contributed by atoms with E-state index in [-0.39, 0.29) is 11.1 Å². The zero-order chi connectivity index (χ0) is 15.1. The molecule has 0 aliphatic carbocycles. The molecule has 2 rings (SSSR count). The van der Waals surface area contributed by atoms with E-state index in [1.807, 2.05) is 18.2 Å². The third-order valence-electron chi connectivity index (χ3n) is 4.30. The van der Waals surface area contributed by atoms with Crippen molar-refractivity contribution < 1.29 is 9.53 Å². The number of anilines is 1. The largest absolute Gasteiger partial charge is 0.543 e. The molecule has 0 saturated carbocycles. The monoisotopic (exact) mass is 313 g/mol. The van der Waals surface area contributed by atoms with Crippen molar-refractivity contribution in [1.82, 2.24) is 0 Å². The topological polar surface area (TPSA) is 32.7 Å². The number of hydrogen-bond donors (Lipinski definition) is 1. The number of aliphatic hydroxyl groups is 1. The summed E-state index contributed by atoms with van der Waals surface area (Å²) in [7, 11) is -1.83. The zero-order valence-corrected chi connectivity index (χ0v) is 14.7. The maximum absolute atomic E-state index is 9.36. The van der Waals surface area contributed by atoms with Crippen LogP contribution in [0.5, 0.6) is 5.75 Å². The van der Waals surface area contributed by atoms with Gasteiger partial charge in [-0.15, -0.1) is 0 Å². The Bertz CT molecular complexity index is 493. The molecule has 0 atom stereocenters. The molecule has 112 valence electrons. The average Bonchev–Trinajstić information content (AvgIpc) is 2.23. The molecular formula is C15H24ClNO2Si. The van der Waals surface area contributed by atoms with E-state index in [2.05, 4.69) is 38.8 Å². The second-order valence-electron chi connectivity index (χ2n) is 7.03. The molecule has 0 amide bonds. The van der Waals surface area contributed by atoms with Crippen molar-refractivity contribution >= 4 is 25.6 Å². The highest BCUT2D eigenvalue weighted by Crippen LogP contribution is 2.39. The van der Waals surface area contributed by atoms with Gasteiger partial charge in [0.15, 0.2) is 0 Å². The fourth-order valence-corrected chi connectivity index (χ4v) is 3.22. The van der Waals surface area contributed by atoms with E-state index in [0.29, 0.717) is 18.1 Å². The lowest BCUT2D eigenvalue weighted by molar-refractivity contribution is 0.142. The molecule has 0 aromatic heterocycles. The van der Waals surface area contributed by atoms with E-state index in [1.54, 1.807) is 0 Å². The van der Waals surface area contributed by atoms with Crippen LogP contribution in [0, 0.1) is 0 Å². The third-order valence-corrected chi connectivity index (χ3v) is 8.96. The maximum atomic E-state index is 9.36. The van der Waals surface area contributed by atoms with Crippen molar-refractivity contribution in [3.05, 3.63) is 23.2 Å². The molecule has 0 unspecified atom stereocenters. The second kappa shape index (κ2) is 5.24. The molecule has 1 fully saturated rings. The summed E-state index contributed by atoms with van der Waals surface area (Å²) in [4.78, 5) is 2.07. The summed E-state index contributed by atoms with van der Waals surface area (Å²) in [6, 6.07) is 5.85. The first-order chi connectivity index (χ1) is 9.10. The average molecular weight is 314 g/mol. The first-order valence-corrected chi connectivity index (χ1v) is 10.3. The molecule has 0 bridgehead atoms. The lowest BCUT2D eigenvalue weighted by atomic mass is 10.1. The first-order valence-electron chi connectivity index (χ1n) is 7.02. The Labute approximate surface area is 127 Å². The van der Waals surface area contributed by atoms with Crippen molar-refractivity contribution in [2.45, 2.75) is 45.0 Å². The number of aliphatic hydroxyl groups excluding tert-OH is 1. The zero-order valence-electron chi connectivity index (χ0n) is 12.9.